The van der Waals surface area contributed by atoms with Crippen molar-refractivity contribution < 1.29 is 9.13 Å². The number of imidazole rings is 1. The lowest BCUT2D eigenvalue weighted by Crippen LogP contribution is -2.02. The molecule has 0 spiro atoms. The third kappa shape index (κ3) is 2.25. The maximum Gasteiger partial charge on any atom is 0.205 e. The number of anilines is 1. The van der Waals surface area contributed by atoms with Crippen LogP contribution in [0.1, 0.15) is 5.56 Å². The molecule has 0 aliphatic heterocycles. The van der Waals surface area contributed by atoms with E-state index in [9.17, 15) is 4.39 Å². The molecule has 0 fully saturated rings. The van der Waals surface area contributed by atoms with Crippen molar-refractivity contribution in [3.05, 3.63) is 46.2 Å². The van der Waals surface area contributed by atoms with E-state index < -0.39 is 5.82 Å². The van der Waals surface area contributed by atoms with Gasteiger partial charge in [0.2, 0.25) is 5.95 Å². The van der Waals surface area contributed by atoms with E-state index in [-0.39, 0.29) is 5.75 Å². The van der Waals surface area contributed by atoms with Gasteiger partial charge in [-0.05, 0) is 24.6 Å². The topological polar surface area (TPSA) is 53.1 Å². The minimum Gasteiger partial charge on any atom is -0.494 e. The number of nitrogen functional groups attached to an aromatic ring is 1. The second-order valence-electron chi connectivity index (χ2n) is 4.71. The van der Waals surface area contributed by atoms with Crippen molar-refractivity contribution in [3.63, 3.8) is 0 Å². The monoisotopic (exact) mass is 349 g/mol. The summed E-state index contributed by atoms with van der Waals surface area (Å²) < 4.78 is 21.5. The number of nitrogens with two attached hydrogens (primary N) is 1. The highest BCUT2D eigenvalue weighted by molar-refractivity contribution is 9.10. The fourth-order valence-corrected chi connectivity index (χ4v) is 2.68. The molecule has 4 nitrogen and oxygen atoms in total. The van der Waals surface area contributed by atoms with Gasteiger partial charge in [0.1, 0.15) is 0 Å². The van der Waals surface area contributed by atoms with Crippen LogP contribution in [0.4, 0.5) is 10.3 Å². The van der Waals surface area contributed by atoms with E-state index in [4.69, 9.17) is 10.5 Å². The zero-order valence-electron chi connectivity index (χ0n) is 11.5. The van der Waals surface area contributed by atoms with Crippen molar-refractivity contribution in [3.8, 4) is 11.4 Å². The summed E-state index contributed by atoms with van der Waals surface area (Å²) in [4.78, 5) is 4.23. The molecule has 0 amide bonds. The highest BCUT2D eigenvalue weighted by Crippen LogP contribution is 2.31. The normalized spacial score (nSPS) is 11.0. The second-order valence-corrected chi connectivity index (χ2v) is 5.63. The molecule has 0 unspecified atom stereocenters. The summed E-state index contributed by atoms with van der Waals surface area (Å²) in [6.07, 6.45) is 0. The smallest absolute Gasteiger partial charge is 0.205 e. The van der Waals surface area contributed by atoms with Crippen molar-refractivity contribution in [2.75, 3.05) is 12.8 Å². The number of aryl methyl sites for hydroxylation is 1. The minimum atomic E-state index is -0.458. The Bertz CT molecular complexity index is 845. The molecule has 3 rings (SSSR count). The summed E-state index contributed by atoms with van der Waals surface area (Å²) in [5.74, 6) is 0.00997. The Morgan fingerprint density at radius 1 is 1.29 bits per heavy atom. The largest absolute Gasteiger partial charge is 0.494 e. The quantitative estimate of drug-likeness (QED) is 0.764. The van der Waals surface area contributed by atoms with Crippen molar-refractivity contribution in [2.45, 2.75) is 6.92 Å². The molecule has 0 atom stereocenters. The van der Waals surface area contributed by atoms with Crippen LogP contribution in [0.15, 0.2) is 34.8 Å². The molecule has 0 radical (unpaired) electrons. The summed E-state index contributed by atoms with van der Waals surface area (Å²) >= 11 is 3.45. The molecule has 0 aliphatic rings. The number of hydrogen-bond acceptors (Lipinski definition) is 3. The number of halogens is 2. The van der Waals surface area contributed by atoms with E-state index in [1.165, 1.54) is 13.2 Å². The lowest BCUT2D eigenvalue weighted by molar-refractivity contribution is 0.387. The molecule has 0 saturated heterocycles. The Labute approximate surface area is 129 Å². The standard InChI is InChI=1S/C15H13BrFN3O/c1-8-3-4-9(16)5-12(8)20-13-7-14(21-2)10(17)6-11(13)19-15(20)18/h3-7H,1-2H3,(H2,18,19). The summed E-state index contributed by atoms with van der Waals surface area (Å²) in [5, 5.41) is 0. The lowest BCUT2D eigenvalue weighted by atomic mass is 10.2. The van der Waals surface area contributed by atoms with Crippen molar-refractivity contribution in [1.82, 2.24) is 9.55 Å². The minimum absolute atomic E-state index is 0.163. The number of nitrogens with zero attached hydrogens (tertiary/aromatic N) is 2. The first-order valence-electron chi connectivity index (χ1n) is 6.29. The number of benzene rings is 2. The SMILES string of the molecule is COc1cc2c(cc1F)nc(N)n2-c1cc(Br)ccc1C. The average molecular weight is 350 g/mol. The molecule has 0 aliphatic carbocycles. The highest BCUT2D eigenvalue weighted by Gasteiger charge is 2.15. The third-order valence-corrected chi connectivity index (χ3v) is 3.86. The van der Waals surface area contributed by atoms with Crippen LogP contribution in [0, 0.1) is 12.7 Å². The molecule has 21 heavy (non-hydrogen) atoms. The van der Waals surface area contributed by atoms with Gasteiger partial charge < -0.3 is 10.5 Å². The fourth-order valence-electron chi connectivity index (χ4n) is 2.33. The van der Waals surface area contributed by atoms with Gasteiger partial charge in [0.05, 0.1) is 23.8 Å². The summed E-state index contributed by atoms with van der Waals surface area (Å²) in [5.41, 5.74) is 9.13. The van der Waals surface area contributed by atoms with Crippen LogP contribution >= 0.6 is 15.9 Å². The first-order chi connectivity index (χ1) is 10.0. The molecule has 1 heterocycles. The Morgan fingerprint density at radius 2 is 2.05 bits per heavy atom. The average Bonchev–Trinajstić information content (AvgIpc) is 2.75. The maximum atomic E-state index is 13.8. The number of hydrogen-bond donors (Lipinski definition) is 1. The van der Waals surface area contributed by atoms with Gasteiger partial charge in [-0.3, -0.25) is 4.57 Å². The van der Waals surface area contributed by atoms with E-state index >= 15 is 0 Å². The van der Waals surface area contributed by atoms with E-state index in [0.717, 1.165) is 15.7 Å². The summed E-state index contributed by atoms with van der Waals surface area (Å²) in [7, 11) is 1.43. The zero-order valence-corrected chi connectivity index (χ0v) is 13.1. The van der Waals surface area contributed by atoms with Crippen molar-refractivity contribution in [2.24, 2.45) is 0 Å². The van der Waals surface area contributed by atoms with Gasteiger partial charge in [0, 0.05) is 16.6 Å². The van der Waals surface area contributed by atoms with E-state index in [1.54, 1.807) is 10.6 Å². The molecule has 0 saturated carbocycles. The van der Waals surface area contributed by atoms with E-state index in [2.05, 4.69) is 20.9 Å². The number of fused-ring (bicyclic) bond motifs is 1. The second kappa shape index (κ2) is 5.04. The van der Waals surface area contributed by atoms with Crippen LogP contribution in [0.25, 0.3) is 16.7 Å². The molecular weight excluding hydrogens is 337 g/mol. The van der Waals surface area contributed by atoms with Crippen LogP contribution in [0.2, 0.25) is 0 Å². The Kier molecular flexibility index (Phi) is 3.33. The lowest BCUT2D eigenvalue weighted by Gasteiger charge is -2.11. The highest BCUT2D eigenvalue weighted by atomic mass is 79.9. The zero-order chi connectivity index (χ0) is 15.1. The van der Waals surface area contributed by atoms with Gasteiger partial charge in [0.25, 0.3) is 0 Å². The van der Waals surface area contributed by atoms with Crippen LogP contribution < -0.4 is 10.5 Å². The van der Waals surface area contributed by atoms with E-state index in [0.29, 0.717) is 17.0 Å². The number of aromatic nitrogens is 2. The van der Waals surface area contributed by atoms with Gasteiger partial charge in [0.15, 0.2) is 11.6 Å². The fraction of sp³-hybridized carbons (Fsp3) is 0.133. The van der Waals surface area contributed by atoms with E-state index in [1.807, 2.05) is 25.1 Å². The van der Waals surface area contributed by atoms with Gasteiger partial charge in [-0.25, -0.2) is 9.37 Å². The van der Waals surface area contributed by atoms with Crippen LogP contribution in [0.5, 0.6) is 5.75 Å². The molecule has 108 valence electrons. The number of ether oxygens (including phenoxy) is 1. The van der Waals surface area contributed by atoms with Crippen LogP contribution in [-0.4, -0.2) is 16.7 Å². The van der Waals surface area contributed by atoms with Crippen LogP contribution in [0.3, 0.4) is 0 Å². The molecule has 2 N–H and O–H groups in total. The molecule has 3 aromatic rings. The maximum absolute atomic E-state index is 13.8. The Morgan fingerprint density at radius 3 is 2.76 bits per heavy atom. The van der Waals surface area contributed by atoms with Crippen molar-refractivity contribution >= 4 is 32.9 Å². The molecule has 0 bridgehead atoms. The third-order valence-electron chi connectivity index (χ3n) is 3.37. The first-order valence-corrected chi connectivity index (χ1v) is 7.08. The summed E-state index contributed by atoms with van der Waals surface area (Å²) in [6, 6.07) is 8.81. The first kappa shape index (κ1) is 13.9. The van der Waals surface area contributed by atoms with Crippen molar-refractivity contribution in [1.29, 1.82) is 0 Å². The Balaban J connectivity index is 2.36. The molecule has 6 heteroatoms. The summed E-state index contributed by atoms with van der Waals surface area (Å²) in [6.45, 7) is 1.98. The molecular formula is C15H13BrFN3O. The molecule has 1 aromatic heterocycles. The van der Waals surface area contributed by atoms with Gasteiger partial charge >= 0.3 is 0 Å². The van der Waals surface area contributed by atoms with Gasteiger partial charge in [-0.1, -0.05) is 22.0 Å². The van der Waals surface area contributed by atoms with Gasteiger partial charge in [-0.2, -0.15) is 0 Å². The number of methoxy groups -OCH3 is 1. The van der Waals surface area contributed by atoms with Gasteiger partial charge in [-0.15, -0.1) is 0 Å². The van der Waals surface area contributed by atoms with Crippen LogP contribution in [-0.2, 0) is 0 Å². The predicted octanol–water partition coefficient (Wildman–Crippen LogP) is 3.83. The predicted molar refractivity (Wildman–Crippen MR) is 84.4 cm³/mol. The molecule has 2 aromatic carbocycles. The Hall–Kier alpha value is -2.08. The number of rotatable bonds is 2.